The third-order valence-corrected chi connectivity index (χ3v) is 11.3. The maximum absolute atomic E-state index is 6.32. The zero-order valence-corrected chi connectivity index (χ0v) is 24.8. The van der Waals surface area contributed by atoms with Crippen molar-refractivity contribution in [3.05, 3.63) is 72.5 Å². The van der Waals surface area contributed by atoms with Crippen LogP contribution in [-0.2, 0) is 0 Å². The topological polar surface area (TPSA) is 38.4 Å². The first kappa shape index (κ1) is 28.6. The average Bonchev–Trinajstić information content (AvgIpc) is 2.95. The van der Waals surface area contributed by atoms with Gasteiger partial charge in [-0.25, -0.2) is 0 Å². The van der Waals surface area contributed by atoms with E-state index in [9.17, 15) is 0 Å². The van der Waals surface area contributed by atoms with Crippen LogP contribution in [-0.4, -0.2) is 12.8 Å². The van der Waals surface area contributed by atoms with Crippen molar-refractivity contribution in [1.29, 1.82) is 0 Å². The number of hydrogen-bond donors (Lipinski definition) is 1. The number of rotatable bonds is 12. The summed E-state index contributed by atoms with van der Waals surface area (Å²) in [6, 6.07) is 0. The summed E-state index contributed by atoms with van der Waals surface area (Å²) in [5.74, 6) is 6.75. The van der Waals surface area contributed by atoms with Gasteiger partial charge in [0.2, 0.25) is 0 Å². The molecule has 0 spiro atoms. The van der Waals surface area contributed by atoms with Crippen LogP contribution in [0, 0.1) is 59.2 Å². The van der Waals surface area contributed by atoms with Gasteiger partial charge in [-0.3, -0.25) is 4.99 Å². The molecule has 4 aliphatic carbocycles. The average molecular weight is 527 g/mol. The highest BCUT2D eigenvalue weighted by atomic mass is 14.7. The van der Waals surface area contributed by atoms with E-state index in [0.717, 1.165) is 36.6 Å². The Bertz CT molecular complexity index is 1010. The summed E-state index contributed by atoms with van der Waals surface area (Å²) in [5, 5.41) is 0. The van der Waals surface area contributed by atoms with Crippen molar-refractivity contribution in [3.8, 4) is 0 Å². The Hall–Kier alpha value is -1.93. The summed E-state index contributed by atoms with van der Waals surface area (Å²) in [6.45, 7) is 9.84. The number of hydrogen-bond acceptors (Lipinski definition) is 2. The zero-order chi connectivity index (χ0) is 27.2. The lowest BCUT2D eigenvalue weighted by molar-refractivity contribution is 0.0996. The largest absolute Gasteiger partial charge is 0.330 e. The van der Waals surface area contributed by atoms with Gasteiger partial charge < -0.3 is 5.73 Å². The Morgan fingerprint density at radius 1 is 0.974 bits per heavy atom. The molecule has 1 fully saturated rings. The molecule has 5 aliphatic rings. The second-order valence-corrected chi connectivity index (χ2v) is 13.5. The first-order valence-corrected chi connectivity index (χ1v) is 16.4. The molecule has 0 aromatic rings. The second kappa shape index (κ2) is 13.6. The smallest absolute Gasteiger partial charge is 0.0318 e. The SMILES string of the molecule is C=CC(CCC(C)C1C=CC(C2CCCCC2C2=CCCC=C2)C2C=CCCC12)C(CN)CC(C)C1=CN=C1. The number of fused-ring (bicyclic) bond motifs is 1. The lowest BCUT2D eigenvalue weighted by Crippen LogP contribution is -2.40. The van der Waals surface area contributed by atoms with E-state index >= 15 is 0 Å². The Labute approximate surface area is 239 Å². The molecule has 5 rings (SSSR count). The van der Waals surface area contributed by atoms with E-state index < -0.39 is 0 Å². The van der Waals surface area contributed by atoms with E-state index in [4.69, 9.17) is 5.73 Å². The van der Waals surface area contributed by atoms with Gasteiger partial charge >= 0.3 is 0 Å². The molecule has 212 valence electrons. The molecule has 10 atom stereocenters. The normalized spacial score (nSPS) is 34.7. The van der Waals surface area contributed by atoms with E-state index in [-0.39, 0.29) is 0 Å². The van der Waals surface area contributed by atoms with Gasteiger partial charge in [0.1, 0.15) is 0 Å². The molecular weight excluding hydrogens is 472 g/mol. The molecule has 0 amide bonds. The Balaban J connectivity index is 1.25. The number of allylic oxidation sites excluding steroid dienone is 10. The van der Waals surface area contributed by atoms with Gasteiger partial charge in [0.05, 0.1) is 0 Å². The molecule has 2 heteroatoms. The van der Waals surface area contributed by atoms with Gasteiger partial charge in [-0.2, -0.15) is 0 Å². The third-order valence-electron chi connectivity index (χ3n) is 11.3. The number of nitrogens with two attached hydrogens (primary N) is 1. The molecule has 0 bridgehead atoms. The highest BCUT2D eigenvalue weighted by Crippen LogP contribution is 2.52. The lowest BCUT2D eigenvalue weighted by atomic mass is 9.57. The van der Waals surface area contributed by atoms with Crippen LogP contribution in [0.4, 0.5) is 0 Å². The molecule has 0 saturated heterocycles. The molecule has 0 aromatic carbocycles. The molecule has 1 saturated carbocycles. The quantitative estimate of drug-likeness (QED) is 0.253. The van der Waals surface area contributed by atoms with Gasteiger partial charge in [-0.1, -0.05) is 75.3 Å². The number of nitrogens with zero attached hydrogens (tertiary/aromatic N) is 1. The van der Waals surface area contributed by atoms with Crippen LogP contribution >= 0.6 is 0 Å². The molecule has 1 aliphatic heterocycles. The van der Waals surface area contributed by atoms with E-state index in [1.54, 1.807) is 5.57 Å². The van der Waals surface area contributed by atoms with Crippen LogP contribution in [0.5, 0.6) is 0 Å². The second-order valence-electron chi connectivity index (χ2n) is 13.5. The van der Waals surface area contributed by atoms with Crippen molar-refractivity contribution < 1.29 is 0 Å². The van der Waals surface area contributed by atoms with E-state index in [2.05, 4.69) is 74.0 Å². The van der Waals surface area contributed by atoms with Crippen LogP contribution in [0.15, 0.2) is 77.5 Å². The molecule has 0 radical (unpaired) electrons. The van der Waals surface area contributed by atoms with Crippen molar-refractivity contribution in [2.45, 2.75) is 84.5 Å². The summed E-state index contributed by atoms with van der Waals surface area (Å²) in [4.78, 5) is 4.17. The fraction of sp³-hybridized carbons (Fsp3) is 0.649. The minimum Gasteiger partial charge on any atom is -0.330 e. The van der Waals surface area contributed by atoms with Gasteiger partial charge in [0, 0.05) is 12.4 Å². The van der Waals surface area contributed by atoms with E-state index in [1.165, 1.54) is 69.8 Å². The minimum absolute atomic E-state index is 0.500. The first-order chi connectivity index (χ1) is 19.1. The number of aliphatic imine (C=N–C) groups is 1. The van der Waals surface area contributed by atoms with Crippen molar-refractivity contribution >= 4 is 6.21 Å². The monoisotopic (exact) mass is 526 g/mol. The van der Waals surface area contributed by atoms with Crippen LogP contribution in [0.2, 0.25) is 0 Å². The fourth-order valence-electron chi connectivity index (χ4n) is 8.90. The summed E-state index contributed by atoms with van der Waals surface area (Å²) < 4.78 is 0. The van der Waals surface area contributed by atoms with Crippen molar-refractivity contribution in [1.82, 2.24) is 0 Å². The van der Waals surface area contributed by atoms with Crippen molar-refractivity contribution in [2.24, 2.45) is 69.9 Å². The molecule has 2 nitrogen and oxygen atoms in total. The van der Waals surface area contributed by atoms with Crippen molar-refractivity contribution in [3.63, 3.8) is 0 Å². The van der Waals surface area contributed by atoms with Crippen LogP contribution < -0.4 is 5.73 Å². The molecular formula is C37H54N2. The first-order valence-electron chi connectivity index (χ1n) is 16.4. The van der Waals surface area contributed by atoms with Crippen LogP contribution in [0.1, 0.15) is 84.5 Å². The third kappa shape index (κ3) is 6.53. The van der Waals surface area contributed by atoms with Crippen LogP contribution in [0.25, 0.3) is 0 Å². The predicted molar refractivity (Wildman–Crippen MR) is 168 cm³/mol. The molecule has 39 heavy (non-hydrogen) atoms. The van der Waals surface area contributed by atoms with E-state index in [0.29, 0.717) is 35.5 Å². The molecule has 2 N–H and O–H groups in total. The Kier molecular flexibility index (Phi) is 9.99. The van der Waals surface area contributed by atoms with Gasteiger partial charge in [-0.05, 0) is 135 Å². The zero-order valence-electron chi connectivity index (χ0n) is 24.8. The van der Waals surface area contributed by atoms with Crippen LogP contribution in [0.3, 0.4) is 0 Å². The summed E-state index contributed by atoms with van der Waals surface area (Å²) in [5.41, 5.74) is 9.35. The highest BCUT2D eigenvalue weighted by molar-refractivity contribution is 5.84. The Morgan fingerprint density at radius 3 is 2.51 bits per heavy atom. The molecule has 10 unspecified atom stereocenters. The summed E-state index contributed by atoms with van der Waals surface area (Å²) in [6.07, 6.45) is 38.6. The minimum atomic E-state index is 0.500. The highest BCUT2D eigenvalue weighted by Gasteiger charge is 2.43. The maximum atomic E-state index is 6.32. The summed E-state index contributed by atoms with van der Waals surface area (Å²) in [7, 11) is 0. The standard InChI is InChI=1S/C37H54N2/c1-4-28(30(23-38)22-27(3)31-24-39-25-31)19-18-26(2)32-20-21-37(36-17-11-10-15-34(32)36)35-16-9-8-14-33(35)29-12-6-5-7-13-29/h4,6,11-13,17,20-21,24-28,30,32-37H,1,5,7-10,14-16,18-19,22-23,38H2,2-3H3. The summed E-state index contributed by atoms with van der Waals surface area (Å²) >= 11 is 0. The maximum Gasteiger partial charge on any atom is 0.0318 e. The molecule has 1 heterocycles. The predicted octanol–water partition coefficient (Wildman–Crippen LogP) is 9.24. The lowest BCUT2D eigenvalue weighted by Gasteiger charge is -2.48. The van der Waals surface area contributed by atoms with Gasteiger partial charge in [0.25, 0.3) is 0 Å². The van der Waals surface area contributed by atoms with Gasteiger partial charge in [-0.15, -0.1) is 6.58 Å². The molecule has 0 aromatic heterocycles. The van der Waals surface area contributed by atoms with Crippen molar-refractivity contribution in [2.75, 3.05) is 6.54 Å². The Morgan fingerprint density at radius 2 is 1.79 bits per heavy atom. The van der Waals surface area contributed by atoms with E-state index in [1.807, 2.05) is 12.4 Å². The van der Waals surface area contributed by atoms with Gasteiger partial charge in [0.15, 0.2) is 0 Å². The fourth-order valence-corrected chi connectivity index (χ4v) is 8.90.